The molecule has 0 N–H and O–H groups in total. The van der Waals surface area contributed by atoms with Gasteiger partial charge in [0.15, 0.2) is 0 Å². The first-order chi connectivity index (χ1) is 14.6. The van der Waals surface area contributed by atoms with Gasteiger partial charge in [0.2, 0.25) is 0 Å². The van der Waals surface area contributed by atoms with Crippen molar-refractivity contribution < 1.29 is 9.47 Å². The molecule has 2 aromatic rings. The number of ether oxygens (including phenoxy) is 2. The molecule has 1 saturated heterocycles. The minimum absolute atomic E-state index is 0.734. The van der Waals surface area contributed by atoms with Gasteiger partial charge in [-0.2, -0.15) is 5.10 Å². The molecule has 6 heteroatoms. The van der Waals surface area contributed by atoms with E-state index >= 15 is 0 Å². The number of likely N-dealkylation sites (tertiary alicyclic amines) is 1. The van der Waals surface area contributed by atoms with Gasteiger partial charge in [0, 0.05) is 57.2 Å². The molecule has 1 aromatic carbocycles. The monoisotopic (exact) mass is 414 g/mol. The van der Waals surface area contributed by atoms with Crippen molar-refractivity contribution in [3.05, 3.63) is 47.3 Å². The Morgan fingerprint density at radius 2 is 1.90 bits per heavy atom. The van der Waals surface area contributed by atoms with E-state index in [1.807, 2.05) is 10.7 Å². The minimum atomic E-state index is 0.734. The van der Waals surface area contributed by atoms with Gasteiger partial charge in [0.25, 0.3) is 0 Å². The fraction of sp³-hybridized carbons (Fsp3) is 0.625. The SMILES string of the molecule is CCn1cc(CN(CCOC)CC2CCN(Cc3ccccc3OC)CC2)c(C)n1. The Kier molecular flexibility index (Phi) is 8.73. The zero-order chi connectivity index (χ0) is 21.3. The molecule has 0 bridgehead atoms. The highest BCUT2D eigenvalue weighted by Crippen LogP contribution is 2.24. The molecular formula is C24H38N4O2. The molecule has 1 aliphatic heterocycles. The van der Waals surface area contributed by atoms with E-state index in [1.54, 1.807) is 14.2 Å². The molecule has 6 nitrogen and oxygen atoms in total. The van der Waals surface area contributed by atoms with Crippen molar-refractivity contribution in [1.82, 2.24) is 19.6 Å². The first-order valence-electron chi connectivity index (χ1n) is 11.2. The number of nitrogens with zero attached hydrogens (tertiary/aromatic N) is 4. The van der Waals surface area contributed by atoms with Crippen LogP contribution in [-0.2, 0) is 24.4 Å². The van der Waals surface area contributed by atoms with Crippen LogP contribution in [0.25, 0.3) is 0 Å². The number of aryl methyl sites for hydroxylation is 2. The topological polar surface area (TPSA) is 42.8 Å². The first kappa shape index (κ1) is 22.8. The smallest absolute Gasteiger partial charge is 0.123 e. The molecule has 2 heterocycles. The third kappa shape index (κ3) is 6.30. The summed E-state index contributed by atoms with van der Waals surface area (Å²) in [5.41, 5.74) is 3.76. The standard InChI is InChI=1S/C24H38N4O2/c1-5-28-19-23(20(2)25-28)18-27(14-15-29-3)16-21-10-12-26(13-11-21)17-22-8-6-7-9-24(22)30-4/h6-9,19,21H,5,10-18H2,1-4H3. The molecule has 0 atom stereocenters. The normalized spacial score (nSPS) is 15.8. The number of aromatic nitrogens is 2. The van der Waals surface area contributed by atoms with Gasteiger partial charge in [-0.05, 0) is 51.8 Å². The largest absolute Gasteiger partial charge is 0.496 e. The average molecular weight is 415 g/mol. The molecular weight excluding hydrogens is 376 g/mol. The number of methoxy groups -OCH3 is 2. The highest BCUT2D eigenvalue weighted by molar-refractivity contribution is 5.33. The number of hydrogen-bond acceptors (Lipinski definition) is 5. The molecule has 0 aliphatic carbocycles. The van der Waals surface area contributed by atoms with Crippen molar-refractivity contribution in [2.24, 2.45) is 5.92 Å². The second kappa shape index (κ2) is 11.5. The van der Waals surface area contributed by atoms with E-state index in [4.69, 9.17) is 9.47 Å². The zero-order valence-corrected chi connectivity index (χ0v) is 19.1. The summed E-state index contributed by atoms with van der Waals surface area (Å²) >= 11 is 0. The number of piperidine rings is 1. The molecule has 30 heavy (non-hydrogen) atoms. The van der Waals surface area contributed by atoms with Gasteiger partial charge in [0.1, 0.15) is 5.75 Å². The fourth-order valence-corrected chi connectivity index (χ4v) is 4.34. The van der Waals surface area contributed by atoms with Crippen LogP contribution in [0.15, 0.2) is 30.5 Å². The Labute approximate surface area is 181 Å². The molecule has 0 radical (unpaired) electrons. The zero-order valence-electron chi connectivity index (χ0n) is 19.1. The number of hydrogen-bond donors (Lipinski definition) is 0. The highest BCUT2D eigenvalue weighted by Gasteiger charge is 2.23. The average Bonchev–Trinajstić information content (AvgIpc) is 3.13. The molecule has 0 spiro atoms. The maximum absolute atomic E-state index is 5.52. The van der Waals surface area contributed by atoms with Gasteiger partial charge in [-0.3, -0.25) is 14.5 Å². The van der Waals surface area contributed by atoms with Crippen LogP contribution in [0.3, 0.4) is 0 Å². The lowest BCUT2D eigenvalue weighted by Gasteiger charge is -2.35. The van der Waals surface area contributed by atoms with Gasteiger partial charge in [-0.1, -0.05) is 18.2 Å². The predicted molar refractivity (Wildman–Crippen MR) is 121 cm³/mol. The number of rotatable bonds is 11. The molecule has 0 saturated carbocycles. The molecule has 1 fully saturated rings. The molecule has 1 aromatic heterocycles. The summed E-state index contributed by atoms with van der Waals surface area (Å²) in [5.74, 6) is 1.73. The third-order valence-corrected chi connectivity index (χ3v) is 6.19. The van der Waals surface area contributed by atoms with E-state index in [0.29, 0.717) is 0 Å². The Balaban J connectivity index is 1.53. The van der Waals surface area contributed by atoms with Gasteiger partial charge in [0.05, 0.1) is 19.4 Å². The second-order valence-corrected chi connectivity index (χ2v) is 8.35. The van der Waals surface area contributed by atoms with Crippen LogP contribution in [0.5, 0.6) is 5.75 Å². The van der Waals surface area contributed by atoms with E-state index < -0.39 is 0 Å². The maximum atomic E-state index is 5.52. The molecule has 3 rings (SSSR count). The Morgan fingerprint density at radius 3 is 2.57 bits per heavy atom. The van der Waals surface area contributed by atoms with Gasteiger partial charge in [-0.25, -0.2) is 0 Å². The van der Waals surface area contributed by atoms with Crippen LogP contribution in [0.2, 0.25) is 0 Å². The molecule has 1 aliphatic rings. The fourth-order valence-electron chi connectivity index (χ4n) is 4.34. The summed E-state index contributed by atoms with van der Waals surface area (Å²) in [5, 5.41) is 4.62. The number of benzene rings is 1. The van der Waals surface area contributed by atoms with Crippen molar-refractivity contribution >= 4 is 0 Å². The lowest BCUT2D eigenvalue weighted by atomic mass is 9.95. The van der Waals surface area contributed by atoms with Crippen LogP contribution in [0.1, 0.15) is 36.6 Å². The predicted octanol–water partition coefficient (Wildman–Crippen LogP) is 3.58. The quantitative estimate of drug-likeness (QED) is 0.562. The summed E-state index contributed by atoms with van der Waals surface area (Å²) in [6.07, 6.45) is 4.68. The Hall–Kier alpha value is -1.89. The lowest BCUT2D eigenvalue weighted by molar-refractivity contribution is 0.106. The molecule has 166 valence electrons. The van der Waals surface area contributed by atoms with Gasteiger partial charge < -0.3 is 9.47 Å². The van der Waals surface area contributed by atoms with Gasteiger partial charge >= 0.3 is 0 Å². The number of para-hydroxylation sites is 1. The van der Waals surface area contributed by atoms with E-state index in [2.05, 4.69) is 53.1 Å². The van der Waals surface area contributed by atoms with Crippen LogP contribution in [-0.4, -0.2) is 66.6 Å². The Morgan fingerprint density at radius 1 is 1.13 bits per heavy atom. The van der Waals surface area contributed by atoms with Crippen LogP contribution in [0, 0.1) is 12.8 Å². The second-order valence-electron chi connectivity index (χ2n) is 8.35. The van der Waals surface area contributed by atoms with Crippen molar-refractivity contribution in [3.63, 3.8) is 0 Å². The summed E-state index contributed by atoms with van der Waals surface area (Å²) in [7, 11) is 3.54. The van der Waals surface area contributed by atoms with Crippen molar-refractivity contribution in [2.75, 3.05) is 47.0 Å². The van der Waals surface area contributed by atoms with Crippen molar-refractivity contribution in [2.45, 2.75) is 46.3 Å². The summed E-state index contributed by atoms with van der Waals surface area (Å²) in [4.78, 5) is 5.11. The third-order valence-electron chi connectivity index (χ3n) is 6.19. The van der Waals surface area contributed by atoms with E-state index in [-0.39, 0.29) is 0 Å². The highest BCUT2D eigenvalue weighted by atomic mass is 16.5. The lowest BCUT2D eigenvalue weighted by Crippen LogP contribution is -2.39. The van der Waals surface area contributed by atoms with E-state index in [9.17, 15) is 0 Å². The first-order valence-corrected chi connectivity index (χ1v) is 11.2. The minimum Gasteiger partial charge on any atom is -0.496 e. The summed E-state index contributed by atoms with van der Waals surface area (Å²) in [6.45, 7) is 12.3. The van der Waals surface area contributed by atoms with E-state index in [1.165, 1.54) is 24.0 Å². The summed E-state index contributed by atoms with van der Waals surface area (Å²) in [6, 6.07) is 8.37. The van der Waals surface area contributed by atoms with Gasteiger partial charge in [-0.15, -0.1) is 0 Å². The molecule has 0 amide bonds. The van der Waals surface area contributed by atoms with E-state index in [0.717, 1.165) is 69.8 Å². The van der Waals surface area contributed by atoms with Crippen LogP contribution >= 0.6 is 0 Å². The molecule has 0 unspecified atom stereocenters. The Bertz CT molecular complexity index is 768. The van der Waals surface area contributed by atoms with Crippen molar-refractivity contribution in [1.29, 1.82) is 0 Å². The van der Waals surface area contributed by atoms with Crippen LogP contribution < -0.4 is 4.74 Å². The van der Waals surface area contributed by atoms with Crippen molar-refractivity contribution in [3.8, 4) is 5.75 Å². The maximum Gasteiger partial charge on any atom is 0.123 e. The van der Waals surface area contributed by atoms with Crippen LogP contribution in [0.4, 0.5) is 0 Å². The summed E-state index contributed by atoms with van der Waals surface area (Å²) < 4.78 is 12.9.